The van der Waals surface area contributed by atoms with Crippen molar-refractivity contribution in [2.75, 3.05) is 0 Å². The maximum atomic E-state index is 11.3. The summed E-state index contributed by atoms with van der Waals surface area (Å²) in [6.07, 6.45) is 4.78. The van der Waals surface area contributed by atoms with E-state index in [1.165, 1.54) is 0 Å². The van der Waals surface area contributed by atoms with Gasteiger partial charge < -0.3 is 11.1 Å². The van der Waals surface area contributed by atoms with E-state index < -0.39 is 11.9 Å². The number of nitrogens with one attached hydrogen (secondary N) is 1. The lowest BCUT2D eigenvalue weighted by Crippen LogP contribution is -2.44. The molecule has 0 radical (unpaired) electrons. The third kappa shape index (κ3) is 3.20. The van der Waals surface area contributed by atoms with Crippen LogP contribution in [0.25, 0.3) is 0 Å². The number of rotatable bonds is 6. The van der Waals surface area contributed by atoms with Crippen molar-refractivity contribution in [3.63, 3.8) is 0 Å². The van der Waals surface area contributed by atoms with Gasteiger partial charge >= 0.3 is 0 Å². The molecule has 4 nitrogen and oxygen atoms in total. The van der Waals surface area contributed by atoms with Gasteiger partial charge in [0.2, 0.25) is 11.8 Å². The molecular weight excluding hydrogens is 180 g/mol. The summed E-state index contributed by atoms with van der Waals surface area (Å²) >= 11 is 0. The van der Waals surface area contributed by atoms with E-state index in [-0.39, 0.29) is 11.8 Å². The Morgan fingerprint density at radius 3 is 2.64 bits per heavy atom. The number of amides is 2. The Hall–Kier alpha value is -1.32. The fourth-order valence-corrected chi connectivity index (χ4v) is 1.21. The van der Waals surface area contributed by atoms with Gasteiger partial charge in [-0.15, -0.1) is 6.58 Å². The number of allylic oxidation sites excluding steroid dienone is 1. The van der Waals surface area contributed by atoms with E-state index >= 15 is 0 Å². The predicted molar refractivity (Wildman–Crippen MR) is 53.3 cm³/mol. The van der Waals surface area contributed by atoms with Crippen LogP contribution in [0.1, 0.15) is 25.7 Å². The van der Waals surface area contributed by atoms with E-state index in [4.69, 9.17) is 5.73 Å². The first kappa shape index (κ1) is 10.8. The number of primary amides is 1. The summed E-state index contributed by atoms with van der Waals surface area (Å²) in [6.45, 7) is 3.55. The Morgan fingerprint density at radius 2 is 2.21 bits per heavy atom. The van der Waals surface area contributed by atoms with Crippen molar-refractivity contribution in [1.29, 1.82) is 0 Å². The van der Waals surface area contributed by atoms with Crippen LogP contribution in [0.2, 0.25) is 0 Å². The van der Waals surface area contributed by atoms with Gasteiger partial charge in [0, 0.05) is 5.92 Å². The number of carbonyl (C=O) groups excluding carboxylic acids is 2. The molecule has 0 spiro atoms. The third-order valence-corrected chi connectivity index (χ3v) is 2.27. The molecule has 78 valence electrons. The summed E-state index contributed by atoms with van der Waals surface area (Å²) in [7, 11) is 0. The summed E-state index contributed by atoms with van der Waals surface area (Å²) in [6, 6.07) is -0.541. The molecule has 0 saturated heterocycles. The minimum Gasteiger partial charge on any atom is -0.368 e. The Morgan fingerprint density at radius 1 is 1.57 bits per heavy atom. The molecule has 1 aliphatic rings. The van der Waals surface area contributed by atoms with E-state index in [1.807, 2.05) is 0 Å². The first-order valence-electron chi connectivity index (χ1n) is 4.85. The van der Waals surface area contributed by atoms with Gasteiger partial charge in [0.1, 0.15) is 6.04 Å². The molecule has 0 aromatic rings. The molecule has 1 aliphatic carbocycles. The SMILES string of the molecule is C=CCC[C@H](NC(=O)C1CC1)C(N)=O. The molecule has 0 bridgehead atoms. The quantitative estimate of drug-likeness (QED) is 0.601. The summed E-state index contributed by atoms with van der Waals surface area (Å²) in [5.41, 5.74) is 5.16. The second-order valence-electron chi connectivity index (χ2n) is 3.60. The largest absolute Gasteiger partial charge is 0.368 e. The summed E-state index contributed by atoms with van der Waals surface area (Å²) in [5.74, 6) is -0.403. The summed E-state index contributed by atoms with van der Waals surface area (Å²) < 4.78 is 0. The van der Waals surface area contributed by atoms with Gasteiger partial charge in [-0.05, 0) is 25.7 Å². The third-order valence-electron chi connectivity index (χ3n) is 2.27. The number of hydrogen-bond acceptors (Lipinski definition) is 2. The van der Waals surface area contributed by atoms with Crippen LogP contribution < -0.4 is 11.1 Å². The second-order valence-corrected chi connectivity index (χ2v) is 3.60. The predicted octanol–water partition coefficient (Wildman–Crippen LogP) is 0.333. The molecule has 1 rings (SSSR count). The first-order valence-corrected chi connectivity index (χ1v) is 4.85. The molecular formula is C10H16N2O2. The molecule has 1 atom stereocenters. The Bertz CT molecular complexity index is 247. The Kier molecular flexibility index (Phi) is 3.68. The van der Waals surface area contributed by atoms with E-state index in [1.54, 1.807) is 6.08 Å². The Balaban J connectivity index is 2.36. The Labute approximate surface area is 83.5 Å². The van der Waals surface area contributed by atoms with Gasteiger partial charge in [-0.3, -0.25) is 9.59 Å². The van der Waals surface area contributed by atoms with Crippen LogP contribution >= 0.6 is 0 Å². The van der Waals surface area contributed by atoms with E-state index in [0.29, 0.717) is 12.8 Å². The lowest BCUT2D eigenvalue weighted by molar-refractivity contribution is -0.128. The van der Waals surface area contributed by atoms with Crippen molar-refractivity contribution >= 4 is 11.8 Å². The molecule has 3 N–H and O–H groups in total. The number of nitrogens with two attached hydrogens (primary N) is 1. The van der Waals surface area contributed by atoms with Crippen molar-refractivity contribution < 1.29 is 9.59 Å². The maximum Gasteiger partial charge on any atom is 0.240 e. The first-order chi connectivity index (χ1) is 6.65. The highest BCUT2D eigenvalue weighted by atomic mass is 16.2. The van der Waals surface area contributed by atoms with Crippen molar-refractivity contribution in [3.05, 3.63) is 12.7 Å². The number of carbonyl (C=O) groups is 2. The van der Waals surface area contributed by atoms with Gasteiger partial charge in [-0.25, -0.2) is 0 Å². The molecule has 14 heavy (non-hydrogen) atoms. The standard InChI is InChI=1S/C10H16N2O2/c1-2-3-4-8(9(11)13)12-10(14)7-5-6-7/h2,7-8H,1,3-6H2,(H2,11,13)(H,12,14)/t8-/m0/s1. The van der Waals surface area contributed by atoms with Crippen LogP contribution in [0, 0.1) is 5.92 Å². The molecule has 0 unspecified atom stereocenters. The van der Waals surface area contributed by atoms with Crippen molar-refractivity contribution in [2.45, 2.75) is 31.7 Å². The summed E-state index contributed by atoms with van der Waals surface area (Å²) in [5, 5.41) is 2.65. The number of hydrogen-bond donors (Lipinski definition) is 2. The fraction of sp³-hybridized carbons (Fsp3) is 0.600. The highest BCUT2D eigenvalue weighted by molar-refractivity contribution is 5.88. The highest BCUT2D eigenvalue weighted by Gasteiger charge is 2.31. The second kappa shape index (κ2) is 4.79. The highest BCUT2D eigenvalue weighted by Crippen LogP contribution is 2.28. The molecule has 1 saturated carbocycles. The molecule has 0 heterocycles. The lowest BCUT2D eigenvalue weighted by Gasteiger charge is -2.13. The monoisotopic (exact) mass is 196 g/mol. The fourth-order valence-electron chi connectivity index (χ4n) is 1.21. The zero-order valence-electron chi connectivity index (χ0n) is 8.16. The molecule has 0 aromatic carbocycles. The molecule has 4 heteroatoms. The molecule has 2 amide bonds. The van der Waals surface area contributed by atoms with Gasteiger partial charge in [0.15, 0.2) is 0 Å². The van der Waals surface area contributed by atoms with Gasteiger partial charge in [-0.2, -0.15) is 0 Å². The van der Waals surface area contributed by atoms with Gasteiger partial charge in [-0.1, -0.05) is 6.08 Å². The van der Waals surface area contributed by atoms with Crippen molar-refractivity contribution in [3.8, 4) is 0 Å². The molecule has 0 aliphatic heterocycles. The van der Waals surface area contributed by atoms with E-state index in [0.717, 1.165) is 12.8 Å². The minimum atomic E-state index is -0.541. The molecule has 0 aromatic heterocycles. The molecule has 1 fully saturated rings. The van der Waals surface area contributed by atoms with E-state index in [2.05, 4.69) is 11.9 Å². The minimum absolute atomic E-state index is 0.0436. The van der Waals surface area contributed by atoms with Crippen LogP contribution in [0.5, 0.6) is 0 Å². The van der Waals surface area contributed by atoms with Gasteiger partial charge in [0.05, 0.1) is 0 Å². The summed E-state index contributed by atoms with van der Waals surface area (Å²) in [4.78, 5) is 22.3. The maximum absolute atomic E-state index is 11.3. The van der Waals surface area contributed by atoms with Crippen molar-refractivity contribution in [2.24, 2.45) is 11.7 Å². The van der Waals surface area contributed by atoms with Crippen LogP contribution in [0.3, 0.4) is 0 Å². The zero-order valence-corrected chi connectivity index (χ0v) is 8.16. The average molecular weight is 196 g/mol. The van der Waals surface area contributed by atoms with Crippen LogP contribution in [-0.4, -0.2) is 17.9 Å². The van der Waals surface area contributed by atoms with Crippen LogP contribution in [-0.2, 0) is 9.59 Å². The van der Waals surface area contributed by atoms with Crippen LogP contribution in [0.4, 0.5) is 0 Å². The zero-order chi connectivity index (χ0) is 10.6. The van der Waals surface area contributed by atoms with Crippen LogP contribution in [0.15, 0.2) is 12.7 Å². The van der Waals surface area contributed by atoms with Gasteiger partial charge in [0.25, 0.3) is 0 Å². The topological polar surface area (TPSA) is 72.2 Å². The average Bonchev–Trinajstić information content (AvgIpc) is 2.94. The smallest absolute Gasteiger partial charge is 0.240 e. The van der Waals surface area contributed by atoms with Crippen molar-refractivity contribution in [1.82, 2.24) is 5.32 Å². The lowest BCUT2D eigenvalue weighted by atomic mass is 10.1. The van der Waals surface area contributed by atoms with E-state index in [9.17, 15) is 9.59 Å². The normalized spacial score (nSPS) is 17.1.